The number of sulfone groups is 1. The lowest BCUT2D eigenvalue weighted by Crippen LogP contribution is -2.12. The molecule has 88 valence electrons. The number of nitrogens with zero attached hydrogens (tertiary/aromatic N) is 1. The minimum absolute atomic E-state index is 0.0418. The van der Waals surface area contributed by atoms with Crippen LogP contribution in [0, 0.1) is 0 Å². The normalized spacial score (nSPS) is 13.4. The summed E-state index contributed by atoms with van der Waals surface area (Å²) in [5.41, 5.74) is 6.63. The summed E-state index contributed by atoms with van der Waals surface area (Å²) in [6.45, 7) is 5.19. The van der Waals surface area contributed by atoms with Crippen LogP contribution < -0.4 is 5.73 Å². The Hall–Kier alpha value is -1.20. The van der Waals surface area contributed by atoms with Crippen LogP contribution in [0.4, 0.5) is 0 Å². The van der Waals surface area contributed by atoms with Gasteiger partial charge in [-0.25, -0.2) is 13.4 Å². The van der Waals surface area contributed by atoms with Crippen LogP contribution in [0.3, 0.4) is 0 Å². The molecule has 16 heavy (non-hydrogen) atoms. The zero-order chi connectivity index (χ0) is 12.2. The molecule has 1 rings (SSSR count). The highest BCUT2D eigenvalue weighted by Crippen LogP contribution is 2.17. The fourth-order valence-electron chi connectivity index (χ4n) is 1.29. The largest absolute Gasteiger partial charge is 0.324 e. The van der Waals surface area contributed by atoms with E-state index < -0.39 is 9.84 Å². The highest BCUT2D eigenvalue weighted by Gasteiger charge is 2.15. The van der Waals surface area contributed by atoms with Crippen molar-refractivity contribution in [1.82, 2.24) is 4.98 Å². The molecule has 1 aromatic rings. The number of hydrogen-bond donors (Lipinski definition) is 1. The maximum atomic E-state index is 11.6. The monoisotopic (exact) mass is 240 g/mol. The predicted molar refractivity (Wildman–Crippen MR) is 63.7 cm³/mol. The number of nitrogens with two attached hydrogens (primary N) is 1. The molecule has 1 atom stereocenters. The Morgan fingerprint density at radius 3 is 2.88 bits per heavy atom. The molecule has 1 aromatic heterocycles. The highest BCUT2D eigenvalue weighted by molar-refractivity contribution is 7.91. The Bertz CT molecular complexity index is 469. The van der Waals surface area contributed by atoms with Crippen molar-refractivity contribution in [3.05, 3.63) is 36.5 Å². The van der Waals surface area contributed by atoms with Crippen molar-refractivity contribution in [3.63, 3.8) is 0 Å². The maximum Gasteiger partial charge on any atom is 0.195 e. The van der Waals surface area contributed by atoms with Crippen LogP contribution in [0.2, 0.25) is 0 Å². The molecule has 0 radical (unpaired) electrons. The van der Waals surface area contributed by atoms with Gasteiger partial charge < -0.3 is 5.73 Å². The third-order valence-corrected chi connectivity index (χ3v) is 3.93. The van der Waals surface area contributed by atoms with Crippen LogP contribution in [0.1, 0.15) is 24.9 Å². The Morgan fingerprint density at radius 1 is 1.62 bits per heavy atom. The van der Waals surface area contributed by atoms with E-state index in [0.29, 0.717) is 6.42 Å². The first-order valence-corrected chi connectivity index (χ1v) is 6.71. The van der Waals surface area contributed by atoms with E-state index in [2.05, 4.69) is 11.6 Å². The Labute approximate surface area is 96.1 Å². The molecule has 0 aromatic carbocycles. The van der Waals surface area contributed by atoms with Crippen molar-refractivity contribution in [2.75, 3.05) is 5.75 Å². The average molecular weight is 240 g/mol. The quantitative estimate of drug-likeness (QED) is 0.791. The van der Waals surface area contributed by atoms with Gasteiger partial charge in [-0.3, -0.25) is 0 Å². The molecule has 0 saturated heterocycles. The molecule has 0 aliphatic heterocycles. The van der Waals surface area contributed by atoms with Gasteiger partial charge in [0.25, 0.3) is 0 Å². The number of rotatable bonds is 5. The molecule has 0 aliphatic rings. The van der Waals surface area contributed by atoms with Crippen LogP contribution in [0.5, 0.6) is 0 Å². The zero-order valence-electron chi connectivity index (χ0n) is 9.26. The summed E-state index contributed by atoms with van der Waals surface area (Å²) in [5.74, 6) is 0.0418. The molecule has 2 N–H and O–H groups in total. The topological polar surface area (TPSA) is 73.0 Å². The lowest BCUT2D eigenvalue weighted by atomic mass is 10.1. The minimum Gasteiger partial charge on any atom is -0.324 e. The predicted octanol–water partition coefficient (Wildman–Crippen LogP) is 1.45. The van der Waals surface area contributed by atoms with Gasteiger partial charge in [0.1, 0.15) is 0 Å². The highest BCUT2D eigenvalue weighted by atomic mass is 32.2. The standard InChI is InChI=1S/C11H16N2O2S/c1-3-5-10(12)9-6-7-13-11(8-9)16(14,15)4-2/h3,6-8,10H,1,4-5,12H2,2H3/t10-/m0/s1. The molecule has 0 bridgehead atoms. The average Bonchev–Trinajstić information content (AvgIpc) is 2.29. The van der Waals surface area contributed by atoms with Crippen LogP contribution in [-0.4, -0.2) is 19.2 Å². The van der Waals surface area contributed by atoms with E-state index in [-0.39, 0.29) is 16.8 Å². The Kier molecular flexibility index (Phi) is 4.20. The summed E-state index contributed by atoms with van der Waals surface area (Å²) in [4.78, 5) is 3.86. The summed E-state index contributed by atoms with van der Waals surface area (Å²) < 4.78 is 23.2. The smallest absolute Gasteiger partial charge is 0.195 e. The van der Waals surface area contributed by atoms with E-state index in [1.807, 2.05) is 0 Å². The molecule has 0 amide bonds. The first-order chi connectivity index (χ1) is 7.51. The van der Waals surface area contributed by atoms with Crippen molar-refractivity contribution in [2.24, 2.45) is 5.73 Å². The van der Waals surface area contributed by atoms with E-state index in [4.69, 9.17) is 5.73 Å². The van der Waals surface area contributed by atoms with Crippen molar-refractivity contribution < 1.29 is 8.42 Å². The first-order valence-electron chi connectivity index (χ1n) is 5.06. The number of aromatic nitrogens is 1. The lowest BCUT2D eigenvalue weighted by molar-refractivity contribution is 0.593. The van der Waals surface area contributed by atoms with Gasteiger partial charge in [0.2, 0.25) is 0 Å². The number of hydrogen-bond acceptors (Lipinski definition) is 4. The van der Waals surface area contributed by atoms with Gasteiger partial charge in [0.15, 0.2) is 14.9 Å². The van der Waals surface area contributed by atoms with Crippen molar-refractivity contribution in [1.29, 1.82) is 0 Å². The van der Waals surface area contributed by atoms with Crippen LogP contribution in [0.15, 0.2) is 36.0 Å². The second-order valence-corrected chi connectivity index (χ2v) is 5.69. The molecule has 1 heterocycles. The first kappa shape index (κ1) is 12.9. The van der Waals surface area contributed by atoms with Crippen molar-refractivity contribution >= 4 is 9.84 Å². The van der Waals surface area contributed by atoms with E-state index in [9.17, 15) is 8.42 Å². The SMILES string of the molecule is C=CC[C@H](N)c1ccnc(S(=O)(=O)CC)c1. The van der Waals surface area contributed by atoms with E-state index in [0.717, 1.165) is 5.56 Å². The Morgan fingerprint density at radius 2 is 2.31 bits per heavy atom. The third kappa shape index (κ3) is 2.90. The van der Waals surface area contributed by atoms with Crippen LogP contribution in [-0.2, 0) is 9.84 Å². The Balaban J connectivity index is 3.09. The van der Waals surface area contributed by atoms with Gasteiger partial charge in [-0.1, -0.05) is 13.0 Å². The molecule has 0 spiro atoms. The van der Waals surface area contributed by atoms with Crippen molar-refractivity contribution in [2.45, 2.75) is 24.4 Å². The minimum atomic E-state index is -3.26. The van der Waals surface area contributed by atoms with Gasteiger partial charge in [-0.05, 0) is 24.1 Å². The molecule has 0 aliphatic carbocycles. The van der Waals surface area contributed by atoms with Gasteiger partial charge in [-0.15, -0.1) is 6.58 Å². The fourth-order valence-corrected chi connectivity index (χ4v) is 2.12. The molecule has 0 fully saturated rings. The van der Waals surface area contributed by atoms with E-state index in [1.165, 1.54) is 12.3 Å². The second kappa shape index (κ2) is 5.23. The molecule has 5 heteroatoms. The van der Waals surface area contributed by atoms with Gasteiger partial charge in [0, 0.05) is 12.2 Å². The molecule has 0 unspecified atom stereocenters. The van der Waals surface area contributed by atoms with Gasteiger partial charge in [0.05, 0.1) is 5.75 Å². The summed E-state index contributed by atoms with van der Waals surface area (Å²) in [6, 6.07) is 3.03. The summed E-state index contributed by atoms with van der Waals surface area (Å²) in [5, 5.41) is 0.0898. The molecule has 0 saturated carbocycles. The van der Waals surface area contributed by atoms with Crippen LogP contribution >= 0.6 is 0 Å². The summed E-state index contributed by atoms with van der Waals surface area (Å²) in [7, 11) is -3.26. The zero-order valence-corrected chi connectivity index (χ0v) is 10.1. The van der Waals surface area contributed by atoms with E-state index in [1.54, 1.807) is 19.1 Å². The van der Waals surface area contributed by atoms with Gasteiger partial charge >= 0.3 is 0 Å². The molecular weight excluding hydrogens is 224 g/mol. The second-order valence-electron chi connectivity index (χ2n) is 3.46. The number of pyridine rings is 1. The summed E-state index contributed by atoms with van der Waals surface area (Å²) in [6.07, 6.45) is 3.79. The molecular formula is C11H16N2O2S. The van der Waals surface area contributed by atoms with Gasteiger partial charge in [-0.2, -0.15) is 0 Å². The lowest BCUT2D eigenvalue weighted by Gasteiger charge is -2.10. The third-order valence-electron chi connectivity index (χ3n) is 2.31. The summed E-state index contributed by atoms with van der Waals surface area (Å²) >= 11 is 0. The maximum absolute atomic E-state index is 11.6. The van der Waals surface area contributed by atoms with E-state index >= 15 is 0 Å². The van der Waals surface area contributed by atoms with Crippen molar-refractivity contribution in [3.8, 4) is 0 Å². The molecule has 4 nitrogen and oxygen atoms in total. The fraction of sp³-hybridized carbons (Fsp3) is 0.364. The van der Waals surface area contributed by atoms with Crippen LogP contribution in [0.25, 0.3) is 0 Å².